The lowest BCUT2D eigenvalue weighted by molar-refractivity contribution is -0.115. The molecule has 4 heteroatoms. The largest absolute Gasteiger partial charge is 0.497 e. The molecule has 0 aliphatic rings. The number of carbonyl (C=O) groups excluding carboxylic acids is 1. The van der Waals surface area contributed by atoms with E-state index in [9.17, 15) is 4.79 Å². The van der Waals surface area contributed by atoms with Gasteiger partial charge in [-0.25, -0.2) is 0 Å². The third-order valence-corrected chi connectivity index (χ3v) is 2.47. The van der Waals surface area contributed by atoms with E-state index < -0.39 is 0 Å². The highest BCUT2D eigenvalue weighted by Gasteiger charge is 1.97. The van der Waals surface area contributed by atoms with Crippen molar-refractivity contribution in [2.75, 3.05) is 12.9 Å². The van der Waals surface area contributed by atoms with E-state index in [1.54, 1.807) is 7.11 Å². The van der Waals surface area contributed by atoms with Crippen molar-refractivity contribution >= 4 is 17.7 Å². The number of ether oxygens (including phenoxy) is 1. The van der Waals surface area contributed by atoms with Gasteiger partial charge in [0, 0.05) is 4.90 Å². The second kappa shape index (κ2) is 4.77. The minimum atomic E-state index is -0.305. The van der Waals surface area contributed by atoms with Crippen LogP contribution in [0.5, 0.6) is 5.75 Å². The molecule has 0 aromatic heterocycles. The number of amides is 1. The molecule has 0 fully saturated rings. The van der Waals surface area contributed by atoms with E-state index in [1.807, 2.05) is 24.3 Å². The van der Waals surface area contributed by atoms with Gasteiger partial charge in [0.05, 0.1) is 12.9 Å². The van der Waals surface area contributed by atoms with E-state index in [1.165, 1.54) is 11.8 Å². The Labute approximate surface area is 81.3 Å². The van der Waals surface area contributed by atoms with Crippen LogP contribution in [0.3, 0.4) is 0 Å². The van der Waals surface area contributed by atoms with Crippen LogP contribution in [0.4, 0.5) is 0 Å². The number of methoxy groups -OCH3 is 1. The lowest BCUT2D eigenvalue weighted by Gasteiger charge is -2.01. The number of carbonyl (C=O) groups is 1. The zero-order valence-corrected chi connectivity index (χ0v) is 8.14. The van der Waals surface area contributed by atoms with Crippen LogP contribution in [-0.2, 0) is 4.79 Å². The number of hydrogen-bond acceptors (Lipinski definition) is 3. The second-order valence-corrected chi connectivity index (χ2v) is 3.48. The Kier molecular flexibility index (Phi) is 3.64. The van der Waals surface area contributed by atoms with Gasteiger partial charge in [-0.1, -0.05) is 0 Å². The monoisotopic (exact) mass is 197 g/mol. The number of hydrogen-bond donors (Lipinski definition) is 1. The third kappa shape index (κ3) is 3.38. The SMILES string of the molecule is COc1ccc(SCC(N)=O)cc1. The summed E-state index contributed by atoms with van der Waals surface area (Å²) in [5, 5.41) is 0. The molecule has 3 nitrogen and oxygen atoms in total. The molecule has 0 heterocycles. The Bertz CT molecular complexity index is 284. The van der Waals surface area contributed by atoms with Gasteiger partial charge in [0.25, 0.3) is 0 Å². The van der Waals surface area contributed by atoms with E-state index in [-0.39, 0.29) is 5.91 Å². The van der Waals surface area contributed by atoms with Crippen molar-refractivity contribution < 1.29 is 9.53 Å². The predicted molar refractivity (Wildman–Crippen MR) is 52.9 cm³/mol. The minimum Gasteiger partial charge on any atom is -0.497 e. The van der Waals surface area contributed by atoms with Gasteiger partial charge in [-0.3, -0.25) is 4.79 Å². The first-order valence-electron chi connectivity index (χ1n) is 3.77. The van der Waals surface area contributed by atoms with E-state index >= 15 is 0 Å². The van der Waals surface area contributed by atoms with Crippen molar-refractivity contribution in [1.82, 2.24) is 0 Å². The van der Waals surface area contributed by atoms with Crippen molar-refractivity contribution in [3.8, 4) is 5.75 Å². The summed E-state index contributed by atoms with van der Waals surface area (Å²) < 4.78 is 4.99. The summed E-state index contributed by atoms with van der Waals surface area (Å²) in [5.41, 5.74) is 5.01. The molecule has 1 amide bonds. The van der Waals surface area contributed by atoms with Gasteiger partial charge in [-0.05, 0) is 24.3 Å². The molecule has 0 atom stereocenters. The van der Waals surface area contributed by atoms with Gasteiger partial charge < -0.3 is 10.5 Å². The molecule has 1 rings (SSSR count). The maximum absolute atomic E-state index is 10.5. The molecule has 0 spiro atoms. The normalized spacial score (nSPS) is 9.62. The lowest BCUT2D eigenvalue weighted by atomic mass is 10.3. The molecule has 70 valence electrons. The van der Waals surface area contributed by atoms with Gasteiger partial charge in [0.15, 0.2) is 0 Å². The lowest BCUT2D eigenvalue weighted by Crippen LogP contribution is -2.12. The average molecular weight is 197 g/mol. The first-order chi connectivity index (χ1) is 6.22. The highest BCUT2D eigenvalue weighted by atomic mass is 32.2. The molecule has 2 N–H and O–H groups in total. The summed E-state index contributed by atoms with van der Waals surface area (Å²) in [6, 6.07) is 7.49. The molecule has 0 bridgehead atoms. The number of primary amides is 1. The number of rotatable bonds is 4. The first-order valence-corrected chi connectivity index (χ1v) is 4.76. The van der Waals surface area contributed by atoms with Gasteiger partial charge in [0.1, 0.15) is 5.75 Å². The zero-order chi connectivity index (χ0) is 9.68. The molecule has 0 saturated heterocycles. The number of benzene rings is 1. The fraction of sp³-hybridized carbons (Fsp3) is 0.222. The molecular formula is C9H11NO2S. The fourth-order valence-corrected chi connectivity index (χ4v) is 1.46. The van der Waals surface area contributed by atoms with Crippen molar-refractivity contribution in [3.63, 3.8) is 0 Å². The molecule has 1 aromatic rings. The first kappa shape index (κ1) is 9.92. The summed E-state index contributed by atoms with van der Waals surface area (Å²) in [4.78, 5) is 11.5. The van der Waals surface area contributed by atoms with E-state index in [4.69, 9.17) is 10.5 Å². The Hall–Kier alpha value is -1.16. The molecule has 0 unspecified atom stereocenters. The average Bonchev–Trinajstić information content (AvgIpc) is 2.15. The summed E-state index contributed by atoms with van der Waals surface area (Å²) in [5.74, 6) is 0.816. The summed E-state index contributed by atoms with van der Waals surface area (Å²) in [7, 11) is 1.62. The van der Waals surface area contributed by atoms with Crippen LogP contribution in [0.2, 0.25) is 0 Å². The molecule has 1 aromatic carbocycles. The number of thioether (sulfide) groups is 1. The fourth-order valence-electron chi connectivity index (χ4n) is 0.826. The quantitative estimate of drug-likeness (QED) is 0.739. The Morgan fingerprint density at radius 1 is 1.46 bits per heavy atom. The van der Waals surface area contributed by atoms with Crippen molar-refractivity contribution in [2.45, 2.75) is 4.90 Å². The van der Waals surface area contributed by atoms with Gasteiger partial charge in [0.2, 0.25) is 5.91 Å². The van der Waals surface area contributed by atoms with Crippen molar-refractivity contribution in [2.24, 2.45) is 5.73 Å². The Balaban J connectivity index is 2.54. The van der Waals surface area contributed by atoms with Crippen LogP contribution >= 0.6 is 11.8 Å². The summed E-state index contributed by atoms with van der Waals surface area (Å²) in [6.07, 6.45) is 0. The van der Waals surface area contributed by atoms with Crippen LogP contribution in [0.25, 0.3) is 0 Å². The molecule has 0 radical (unpaired) electrons. The predicted octanol–water partition coefficient (Wildman–Crippen LogP) is 1.27. The highest BCUT2D eigenvalue weighted by molar-refractivity contribution is 8.00. The topological polar surface area (TPSA) is 52.3 Å². The molecule has 13 heavy (non-hydrogen) atoms. The molecular weight excluding hydrogens is 186 g/mol. The Morgan fingerprint density at radius 2 is 2.08 bits per heavy atom. The van der Waals surface area contributed by atoms with Gasteiger partial charge in [-0.2, -0.15) is 0 Å². The molecule has 0 saturated carbocycles. The standard InChI is InChI=1S/C9H11NO2S/c1-12-7-2-4-8(5-3-7)13-6-9(10)11/h2-5H,6H2,1H3,(H2,10,11). The van der Waals surface area contributed by atoms with Gasteiger partial charge >= 0.3 is 0 Å². The summed E-state index contributed by atoms with van der Waals surface area (Å²) >= 11 is 1.42. The van der Waals surface area contributed by atoms with Crippen LogP contribution < -0.4 is 10.5 Å². The summed E-state index contributed by atoms with van der Waals surface area (Å²) in [6.45, 7) is 0. The van der Waals surface area contributed by atoms with E-state index in [2.05, 4.69) is 0 Å². The maximum Gasteiger partial charge on any atom is 0.227 e. The molecule has 0 aliphatic carbocycles. The van der Waals surface area contributed by atoms with Crippen LogP contribution in [0, 0.1) is 0 Å². The zero-order valence-electron chi connectivity index (χ0n) is 7.32. The maximum atomic E-state index is 10.5. The smallest absolute Gasteiger partial charge is 0.227 e. The third-order valence-electron chi connectivity index (χ3n) is 1.44. The Morgan fingerprint density at radius 3 is 2.54 bits per heavy atom. The number of nitrogens with two attached hydrogens (primary N) is 1. The van der Waals surface area contributed by atoms with Crippen LogP contribution in [0.1, 0.15) is 0 Å². The highest BCUT2D eigenvalue weighted by Crippen LogP contribution is 2.20. The van der Waals surface area contributed by atoms with Crippen LogP contribution in [-0.4, -0.2) is 18.8 Å². The van der Waals surface area contributed by atoms with Crippen LogP contribution in [0.15, 0.2) is 29.2 Å². The van der Waals surface area contributed by atoms with E-state index in [0.29, 0.717) is 5.75 Å². The minimum absolute atomic E-state index is 0.305. The van der Waals surface area contributed by atoms with Crippen molar-refractivity contribution in [1.29, 1.82) is 0 Å². The molecule has 0 aliphatic heterocycles. The van der Waals surface area contributed by atoms with Gasteiger partial charge in [-0.15, -0.1) is 11.8 Å². The van der Waals surface area contributed by atoms with E-state index in [0.717, 1.165) is 10.6 Å². The van der Waals surface area contributed by atoms with Crippen molar-refractivity contribution in [3.05, 3.63) is 24.3 Å². The second-order valence-electron chi connectivity index (χ2n) is 2.43.